The Bertz CT molecular complexity index is 1350. The summed E-state index contributed by atoms with van der Waals surface area (Å²) in [6.07, 6.45) is 0. The summed E-state index contributed by atoms with van der Waals surface area (Å²) in [6, 6.07) is 23.4. The molecule has 0 amide bonds. The SMILES string of the molecule is COc1cccc(OC)c1-c1cc(-c2cccc(-c3cc(-c4c(OC)cccc4OC)[nH]n3)c2)n[nH]1. The van der Waals surface area contributed by atoms with Crippen LogP contribution in [0, 0.1) is 0 Å². The lowest BCUT2D eigenvalue weighted by atomic mass is 10.0. The lowest BCUT2D eigenvalue weighted by Gasteiger charge is -2.11. The van der Waals surface area contributed by atoms with Gasteiger partial charge < -0.3 is 18.9 Å². The van der Waals surface area contributed by atoms with Crippen LogP contribution in [0.2, 0.25) is 0 Å². The summed E-state index contributed by atoms with van der Waals surface area (Å²) in [7, 11) is 6.55. The predicted octanol–water partition coefficient (Wildman–Crippen LogP) is 5.84. The number of methoxy groups -OCH3 is 4. The van der Waals surface area contributed by atoms with Gasteiger partial charge in [-0.1, -0.05) is 30.3 Å². The summed E-state index contributed by atoms with van der Waals surface area (Å²) < 4.78 is 22.2. The Hall–Kier alpha value is -4.72. The van der Waals surface area contributed by atoms with Crippen LogP contribution in [0.3, 0.4) is 0 Å². The average molecular weight is 483 g/mol. The maximum absolute atomic E-state index is 5.55. The van der Waals surface area contributed by atoms with Crippen LogP contribution >= 0.6 is 0 Å². The zero-order chi connectivity index (χ0) is 25.1. The molecule has 2 N–H and O–H groups in total. The fourth-order valence-corrected chi connectivity index (χ4v) is 4.27. The Morgan fingerprint density at radius 1 is 0.500 bits per heavy atom. The van der Waals surface area contributed by atoms with Crippen molar-refractivity contribution in [2.24, 2.45) is 0 Å². The van der Waals surface area contributed by atoms with Crippen molar-refractivity contribution in [3.05, 3.63) is 72.8 Å². The van der Waals surface area contributed by atoms with E-state index in [9.17, 15) is 0 Å². The predicted molar refractivity (Wildman–Crippen MR) is 139 cm³/mol. The quantitative estimate of drug-likeness (QED) is 0.289. The van der Waals surface area contributed by atoms with Crippen LogP contribution in [0.25, 0.3) is 45.0 Å². The number of ether oxygens (including phenoxy) is 4. The number of benzene rings is 3. The molecule has 182 valence electrons. The van der Waals surface area contributed by atoms with E-state index in [0.717, 1.165) is 45.0 Å². The highest BCUT2D eigenvalue weighted by atomic mass is 16.5. The van der Waals surface area contributed by atoms with Crippen molar-refractivity contribution in [2.45, 2.75) is 0 Å². The van der Waals surface area contributed by atoms with Gasteiger partial charge in [0.05, 0.1) is 62.3 Å². The Labute approximate surface area is 208 Å². The monoisotopic (exact) mass is 482 g/mol. The second kappa shape index (κ2) is 9.87. The van der Waals surface area contributed by atoms with Crippen LogP contribution in [0.5, 0.6) is 23.0 Å². The van der Waals surface area contributed by atoms with Crippen molar-refractivity contribution in [1.29, 1.82) is 0 Å². The number of H-pyrrole nitrogens is 2. The lowest BCUT2D eigenvalue weighted by molar-refractivity contribution is 0.397. The van der Waals surface area contributed by atoms with Crippen LogP contribution in [0.1, 0.15) is 0 Å². The number of aromatic nitrogens is 4. The Morgan fingerprint density at radius 2 is 0.861 bits per heavy atom. The van der Waals surface area contributed by atoms with Crippen LogP contribution in [0.15, 0.2) is 72.8 Å². The molecule has 0 bridgehead atoms. The summed E-state index contributed by atoms with van der Waals surface area (Å²) in [5, 5.41) is 15.3. The van der Waals surface area contributed by atoms with Gasteiger partial charge in [0.2, 0.25) is 0 Å². The number of nitrogens with one attached hydrogen (secondary N) is 2. The molecule has 0 atom stereocenters. The van der Waals surface area contributed by atoms with Crippen molar-refractivity contribution in [1.82, 2.24) is 20.4 Å². The van der Waals surface area contributed by atoms with Gasteiger partial charge in [-0.25, -0.2) is 0 Å². The molecule has 0 saturated heterocycles. The molecular formula is C28H26N4O4. The van der Waals surface area contributed by atoms with Crippen molar-refractivity contribution in [3.63, 3.8) is 0 Å². The summed E-state index contributed by atoms with van der Waals surface area (Å²) in [6.45, 7) is 0. The number of aromatic amines is 2. The number of rotatable bonds is 8. The highest BCUT2D eigenvalue weighted by molar-refractivity contribution is 5.80. The molecular weight excluding hydrogens is 456 g/mol. The van der Waals surface area contributed by atoms with Crippen molar-refractivity contribution in [2.75, 3.05) is 28.4 Å². The van der Waals surface area contributed by atoms with Gasteiger partial charge >= 0.3 is 0 Å². The van der Waals surface area contributed by atoms with Gasteiger partial charge in [0.15, 0.2) is 0 Å². The molecule has 0 unspecified atom stereocenters. The minimum absolute atomic E-state index is 0.703. The fourth-order valence-electron chi connectivity index (χ4n) is 4.27. The first kappa shape index (κ1) is 23.0. The second-order valence-corrected chi connectivity index (χ2v) is 7.99. The maximum atomic E-state index is 5.55. The lowest BCUT2D eigenvalue weighted by Crippen LogP contribution is -1.92. The molecule has 2 heterocycles. The smallest absolute Gasteiger partial charge is 0.131 e. The first-order valence-corrected chi connectivity index (χ1v) is 11.3. The number of hydrogen-bond acceptors (Lipinski definition) is 6. The third kappa shape index (κ3) is 4.13. The average Bonchev–Trinajstić information content (AvgIpc) is 3.62. The molecule has 8 heteroatoms. The van der Waals surface area contributed by atoms with Crippen molar-refractivity contribution >= 4 is 0 Å². The van der Waals surface area contributed by atoms with Crippen molar-refractivity contribution < 1.29 is 18.9 Å². The van der Waals surface area contributed by atoms with Crippen LogP contribution in [0.4, 0.5) is 0 Å². The van der Waals surface area contributed by atoms with E-state index in [0.29, 0.717) is 23.0 Å². The molecule has 0 fully saturated rings. The molecule has 0 aliphatic heterocycles. The third-order valence-electron chi connectivity index (χ3n) is 6.00. The standard InChI is InChI=1S/C28H26N4O4/c1-33-23-10-6-11-24(34-2)27(23)21-15-19(29-31-21)17-8-5-9-18(14-17)20-16-22(32-30-20)28-25(35-3)12-7-13-26(28)36-4/h5-16H,1-4H3,(H,29,31)(H,30,32). The highest BCUT2D eigenvalue weighted by Crippen LogP contribution is 2.40. The van der Waals surface area contributed by atoms with E-state index in [1.165, 1.54) is 0 Å². The Balaban J connectivity index is 1.50. The van der Waals surface area contributed by atoms with Gasteiger partial charge in [0.25, 0.3) is 0 Å². The van der Waals surface area contributed by atoms with Gasteiger partial charge in [0.1, 0.15) is 23.0 Å². The number of nitrogens with zero attached hydrogens (tertiary/aromatic N) is 2. The van der Waals surface area contributed by atoms with Crippen LogP contribution in [-0.4, -0.2) is 48.8 Å². The molecule has 0 spiro atoms. The van der Waals surface area contributed by atoms with Gasteiger partial charge in [-0.3, -0.25) is 10.2 Å². The summed E-state index contributed by atoms with van der Waals surface area (Å²) in [5.74, 6) is 2.81. The van der Waals surface area contributed by atoms with Crippen LogP contribution < -0.4 is 18.9 Å². The van der Waals surface area contributed by atoms with E-state index < -0.39 is 0 Å². The topological polar surface area (TPSA) is 94.3 Å². The molecule has 3 aromatic carbocycles. The van der Waals surface area contributed by atoms with E-state index in [2.05, 4.69) is 26.5 Å². The van der Waals surface area contributed by atoms with Gasteiger partial charge in [-0.05, 0) is 42.5 Å². The summed E-state index contributed by atoms with van der Waals surface area (Å²) in [4.78, 5) is 0. The minimum Gasteiger partial charge on any atom is -0.496 e. The molecule has 0 aliphatic rings. The Morgan fingerprint density at radius 3 is 1.22 bits per heavy atom. The van der Waals surface area contributed by atoms with E-state index >= 15 is 0 Å². The molecule has 36 heavy (non-hydrogen) atoms. The summed E-state index contributed by atoms with van der Waals surface area (Å²) in [5.41, 5.74) is 6.72. The van der Waals surface area contributed by atoms with E-state index in [1.54, 1.807) is 28.4 Å². The largest absolute Gasteiger partial charge is 0.496 e. The van der Waals surface area contributed by atoms with E-state index in [4.69, 9.17) is 18.9 Å². The van der Waals surface area contributed by atoms with E-state index in [1.807, 2.05) is 66.7 Å². The molecule has 2 aromatic heterocycles. The van der Waals surface area contributed by atoms with Crippen molar-refractivity contribution in [3.8, 4) is 68.0 Å². The van der Waals surface area contributed by atoms with Gasteiger partial charge in [0, 0.05) is 11.1 Å². The number of hydrogen-bond donors (Lipinski definition) is 2. The maximum Gasteiger partial charge on any atom is 0.131 e. The molecule has 5 rings (SSSR count). The highest BCUT2D eigenvalue weighted by Gasteiger charge is 2.18. The molecule has 8 nitrogen and oxygen atoms in total. The zero-order valence-electron chi connectivity index (χ0n) is 20.5. The van der Waals surface area contributed by atoms with Crippen LogP contribution in [-0.2, 0) is 0 Å². The molecule has 0 radical (unpaired) electrons. The van der Waals surface area contributed by atoms with Gasteiger partial charge in [-0.2, -0.15) is 10.2 Å². The summed E-state index contributed by atoms with van der Waals surface area (Å²) >= 11 is 0. The first-order chi connectivity index (χ1) is 17.7. The Kier molecular flexibility index (Phi) is 6.32. The van der Waals surface area contributed by atoms with Gasteiger partial charge in [-0.15, -0.1) is 0 Å². The molecule has 0 saturated carbocycles. The zero-order valence-corrected chi connectivity index (χ0v) is 20.5. The third-order valence-corrected chi connectivity index (χ3v) is 6.00. The normalized spacial score (nSPS) is 10.8. The second-order valence-electron chi connectivity index (χ2n) is 7.99. The molecule has 5 aromatic rings. The molecule has 0 aliphatic carbocycles. The minimum atomic E-state index is 0.703. The first-order valence-electron chi connectivity index (χ1n) is 11.3. The van der Waals surface area contributed by atoms with E-state index in [-0.39, 0.29) is 0 Å². The fraction of sp³-hybridized carbons (Fsp3) is 0.143.